The predicted octanol–water partition coefficient (Wildman–Crippen LogP) is 1.53. The Bertz CT molecular complexity index is 364. The molecular formula is C11H19N5OS. The van der Waals surface area contributed by atoms with E-state index >= 15 is 0 Å². The van der Waals surface area contributed by atoms with Crippen LogP contribution in [-0.2, 0) is 0 Å². The Hall–Kier alpha value is -1.21. The molecule has 1 atom stereocenters. The minimum absolute atomic E-state index is 0.204. The molecule has 1 fully saturated rings. The molecule has 0 bridgehead atoms. The Morgan fingerprint density at radius 2 is 2.33 bits per heavy atom. The average Bonchev–Trinajstić information content (AvgIpc) is 3.02. The van der Waals surface area contributed by atoms with Crippen molar-refractivity contribution in [3.8, 4) is 0 Å². The summed E-state index contributed by atoms with van der Waals surface area (Å²) in [5, 5.41) is 13.5. The van der Waals surface area contributed by atoms with Crippen LogP contribution < -0.4 is 10.6 Å². The highest BCUT2D eigenvalue weighted by Crippen LogP contribution is 2.13. The molecule has 7 heteroatoms. The molecule has 1 aromatic heterocycles. The number of carbonyl (C=O) groups excluding carboxylic acids is 1. The minimum atomic E-state index is -0.204. The average molecular weight is 269 g/mol. The van der Waals surface area contributed by atoms with E-state index in [9.17, 15) is 4.79 Å². The van der Waals surface area contributed by atoms with Crippen LogP contribution in [0.1, 0.15) is 26.2 Å². The van der Waals surface area contributed by atoms with Crippen LogP contribution in [0.3, 0.4) is 0 Å². The second-order valence-electron chi connectivity index (χ2n) is 4.38. The van der Waals surface area contributed by atoms with Crippen LogP contribution in [0.5, 0.6) is 0 Å². The van der Waals surface area contributed by atoms with Crippen LogP contribution in [0.15, 0.2) is 5.51 Å². The monoisotopic (exact) mass is 269 g/mol. The van der Waals surface area contributed by atoms with Crippen molar-refractivity contribution >= 4 is 22.5 Å². The number of amides is 2. The lowest BCUT2D eigenvalue weighted by molar-refractivity contribution is 0.222. The summed E-state index contributed by atoms with van der Waals surface area (Å²) in [4.78, 5) is 14.1. The first-order valence-corrected chi connectivity index (χ1v) is 7.22. The third-order valence-corrected chi connectivity index (χ3v) is 3.81. The molecule has 2 heterocycles. The van der Waals surface area contributed by atoms with Crippen LogP contribution >= 0.6 is 11.3 Å². The zero-order chi connectivity index (χ0) is 12.8. The lowest BCUT2D eigenvalue weighted by Crippen LogP contribution is -2.43. The summed E-state index contributed by atoms with van der Waals surface area (Å²) >= 11 is 1.31. The van der Waals surface area contributed by atoms with E-state index in [0.717, 1.165) is 19.5 Å². The molecule has 2 amide bonds. The maximum atomic E-state index is 11.6. The van der Waals surface area contributed by atoms with Gasteiger partial charge < -0.3 is 5.32 Å². The van der Waals surface area contributed by atoms with E-state index in [2.05, 4.69) is 32.7 Å². The molecule has 0 saturated carbocycles. The minimum Gasteiger partial charge on any atom is -0.336 e. The third kappa shape index (κ3) is 3.64. The summed E-state index contributed by atoms with van der Waals surface area (Å²) in [7, 11) is 0. The van der Waals surface area contributed by atoms with Crippen molar-refractivity contribution in [3.63, 3.8) is 0 Å². The maximum absolute atomic E-state index is 11.6. The van der Waals surface area contributed by atoms with Crippen molar-refractivity contribution in [1.82, 2.24) is 20.4 Å². The van der Waals surface area contributed by atoms with Gasteiger partial charge in [-0.1, -0.05) is 18.3 Å². The van der Waals surface area contributed by atoms with Gasteiger partial charge in [0.25, 0.3) is 0 Å². The van der Waals surface area contributed by atoms with Crippen molar-refractivity contribution < 1.29 is 4.79 Å². The Morgan fingerprint density at radius 3 is 2.94 bits per heavy atom. The Morgan fingerprint density at radius 1 is 1.56 bits per heavy atom. The lowest BCUT2D eigenvalue weighted by atomic mass is 10.2. The Kier molecular flexibility index (Phi) is 4.89. The summed E-state index contributed by atoms with van der Waals surface area (Å²) in [6.07, 6.45) is 3.60. The molecule has 1 aromatic rings. The molecule has 2 rings (SSSR count). The normalized spacial score (nSPS) is 17.6. The van der Waals surface area contributed by atoms with E-state index in [4.69, 9.17) is 0 Å². The lowest BCUT2D eigenvalue weighted by Gasteiger charge is -2.26. The van der Waals surface area contributed by atoms with Crippen molar-refractivity contribution in [1.29, 1.82) is 0 Å². The van der Waals surface area contributed by atoms with Gasteiger partial charge in [-0.25, -0.2) is 4.79 Å². The molecule has 0 unspecified atom stereocenters. The van der Waals surface area contributed by atoms with Crippen LogP contribution in [0.25, 0.3) is 0 Å². The Balaban J connectivity index is 1.73. The summed E-state index contributed by atoms with van der Waals surface area (Å²) in [6, 6.07) is 0.233. The van der Waals surface area contributed by atoms with E-state index in [0.29, 0.717) is 17.7 Å². The number of anilines is 1. The number of nitrogens with zero attached hydrogens (tertiary/aromatic N) is 3. The van der Waals surface area contributed by atoms with Gasteiger partial charge in [-0.15, -0.1) is 10.2 Å². The van der Waals surface area contributed by atoms with Gasteiger partial charge in [0.2, 0.25) is 5.13 Å². The van der Waals surface area contributed by atoms with Gasteiger partial charge in [-0.05, 0) is 32.4 Å². The van der Waals surface area contributed by atoms with E-state index in [1.165, 1.54) is 24.2 Å². The fraction of sp³-hybridized carbons (Fsp3) is 0.727. The van der Waals surface area contributed by atoms with E-state index in [1.54, 1.807) is 5.51 Å². The van der Waals surface area contributed by atoms with Gasteiger partial charge in [-0.3, -0.25) is 10.2 Å². The standard InChI is InChI=1S/C11H19N5OS/c1-2-9(16-5-3-4-6-16)7-12-10(17)14-11-15-13-8-18-11/h8-9H,2-7H2,1H3,(H2,12,14,15,17)/t9-/m1/s1. The smallest absolute Gasteiger partial charge is 0.321 e. The van der Waals surface area contributed by atoms with Gasteiger partial charge in [0.05, 0.1) is 0 Å². The largest absolute Gasteiger partial charge is 0.336 e. The second kappa shape index (κ2) is 6.65. The molecule has 1 aliphatic rings. The topological polar surface area (TPSA) is 70.1 Å². The molecule has 0 radical (unpaired) electrons. The number of hydrogen-bond acceptors (Lipinski definition) is 5. The number of nitrogens with one attached hydrogen (secondary N) is 2. The summed E-state index contributed by atoms with van der Waals surface area (Å²) in [6.45, 7) is 5.14. The second-order valence-corrected chi connectivity index (χ2v) is 5.22. The molecule has 0 aromatic carbocycles. The molecule has 100 valence electrons. The maximum Gasteiger partial charge on any atom is 0.321 e. The van der Waals surface area contributed by atoms with Crippen molar-refractivity contribution in [2.75, 3.05) is 25.0 Å². The van der Waals surface area contributed by atoms with Crippen LogP contribution in [0.4, 0.5) is 9.93 Å². The Labute approximate surface area is 111 Å². The number of hydrogen-bond donors (Lipinski definition) is 2. The van der Waals surface area contributed by atoms with Crippen molar-refractivity contribution in [2.24, 2.45) is 0 Å². The zero-order valence-electron chi connectivity index (χ0n) is 10.6. The van der Waals surface area contributed by atoms with Crippen LogP contribution in [0, 0.1) is 0 Å². The number of carbonyl (C=O) groups is 1. The SMILES string of the molecule is CC[C@H](CNC(=O)Nc1nncs1)N1CCCC1. The van der Waals surface area contributed by atoms with Gasteiger partial charge in [-0.2, -0.15) is 0 Å². The first-order valence-electron chi connectivity index (χ1n) is 6.34. The highest BCUT2D eigenvalue weighted by molar-refractivity contribution is 7.13. The van der Waals surface area contributed by atoms with Gasteiger partial charge >= 0.3 is 6.03 Å². The summed E-state index contributed by atoms with van der Waals surface area (Å²) in [5.41, 5.74) is 1.59. The fourth-order valence-electron chi connectivity index (χ4n) is 2.22. The van der Waals surface area contributed by atoms with Gasteiger partial charge in [0.15, 0.2) is 0 Å². The molecule has 1 saturated heterocycles. The fourth-order valence-corrected chi connectivity index (χ4v) is 2.66. The molecule has 0 aliphatic carbocycles. The summed E-state index contributed by atoms with van der Waals surface area (Å²) < 4.78 is 0. The van der Waals surface area contributed by atoms with Crippen LogP contribution in [-0.4, -0.2) is 46.8 Å². The number of urea groups is 1. The molecule has 1 aliphatic heterocycles. The van der Waals surface area contributed by atoms with E-state index in [-0.39, 0.29) is 6.03 Å². The van der Waals surface area contributed by atoms with Crippen molar-refractivity contribution in [3.05, 3.63) is 5.51 Å². The number of likely N-dealkylation sites (tertiary alicyclic amines) is 1. The van der Waals surface area contributed by atoms with Crippen LogP contribution in [0.2, 0.25) is 0 Å². The van der Waals surface area contributed by atoms with Gasteiger partial charge in [0, 0.05) is 12.6 Å². The number of aromatic nitrogens is 2. The molecule has 18 heavy (non-hydrogen) atoms. The highest BCUT2D eigenvalue weighted by atomic mass is 32.1. The quantitative estimate of drug-likeness (QED) is 0.850. The number of rotatable bonds is 5. The molecule has 0 spiro atoms. The first-order chi connectivity index (χ1) is 8.79. The zero-order valence-corrected chi connectivity index (χ0v) is 11.4. The van der Waals surface area contributed by atoms with Gasteiger partial charge in [0.1, 0.15) is 5.51 Å². The first kappa shape index (κ1) is 13.2. The highest BCUT2D eigenvalue weighted by Gasteiger charge is 2.20. The molecule has 2 N–H and O–H groups in total. The van der Waals surface area contributed by atoms with E-state index < -0.39 is 0 Å². The molecular weight excluding hydrogens is 250 g/mol. The molecule has 6 nitrogen and oxygen atoms in total. The third-order valence-electron chi connectivity index (χ3n) is 3.21. The summed E-state index contributed by atoms with van der Waals surface area (Å²) in [5.74, 6) is 0. The van der Waals surface area contributed by atoms with Crippen molar-refractivity contribution in [2.45, 2.75) is 32.2 Å². The van der Waals surface area contributed by atoms with E-state index in [1.807, 2.05) is 0 Å². The predicted molar refractivity (Wildman–Crippen MR) is 71.8 cm³/mol.